The molecule has 0 spiro atoms. The number of carbonyl (C=O) groups is 1. The van der Waals surface area contributed by atoms with Crippen molar-refractivity contribution in [3.05, 3.63) is 23.8 Å². The maximum atomic E-state index is 11.9. The molecule has 20 heavy (non-hydrogen) atoms. The van der Waals surface area contributed by atoms with Crippen LogP contribution in [0.15, 0.2) is 18.2 Å². The summed E-state index contributed by atoms with van der Waals surface area (Å²) in [5.74, 6) is 0.255. The largest absolute Gasteiger partial charge is 0.462 e. The van der Waals surface area contributed by atoms with Gasteiger partial charge in [-0.1, -0.05) is 6.07 Å². The fourth-order valence-corrected chi connectivity index (χ4v) is 2.36. The van der Waals surface area contributed by atoms with Gasteiger partial charge in [0.25, 0.3) is 0 Å². The van der Waals surface area contributed by atoms with E-state index in [2.05, 4.69) is 5.32 Å². The van der Waals surface area contributed by atoms with Crippen LogP contribution >= 0.6 is 0 Å². The van der Waals surface area contributed by atoms with E-state index in [9.17, 15) is 4.79 Å². The van der Waals surface area contributed by atoms with Crippen molar-refractivity contribution in [1.29, 1.82) is 0 Å². The van der Waals surface area contributed by atoms with E-state index >= 15 is 0 Å². The highest BCUT2D eigenvalue weighted by Crippen LogP contribution is 2.25. The number of benzene rings is 1. The lowest BCUT2D eigenvalue weighted by molar-refractivity contribution is 0.0527. The first-order chi connectivity index (χ1) is 9.72. The van der Waals surface area contributed by atoms with Gasteiger partial charge in [-0.2, -0.15) is 0 Å². The van der Waals surface area contributed by atoms with Gasteiger partial charge in [0.1, 0.15) is 0 Å². The van der Waals surface area contributed by atoms with Gasteiger partial charge in [0, 0.05) is 19.8 Å². The molecule has 5 nitrogen and oxygen atoms in total. The summed E-state index contributed by atoms with van der Waals surface area (Å²) in [5, 5.41) is 3.27. The van der Waals surface area contributed by atoms with Crippen LogP contribution in [0.1, 0.15) is 30.1 Å². The van der Waals surface area contributed by atoms with Crippen molar-refractivity contribution in [2.75, 3.05) is 37.4 Å². The molecule has 5 heteroatoms. The summed E-state index contributed by atoms with van der Waals surface area (Å²) >= 11 is 0. The van der Waals surface area contributed by atoms with Gasteiger partial charge >= 0.3 is 5.97 Å². The molecule has 1 unspecified atom stereocenters. The quantitative estimate of drug-likeness (QED) is 0.617. The van der Waals surface area contributed by atoms with Crippen molar-refractivity contribution < 1.29 is 14.3 Å². The van der Waals surface area contributed by atoms with Gasteiger partial charge in [-0.15, -0.1) is 0 Å². The molecule has 1 aromatic rings. The fourth-order valence-electron chi connectivity index (χ4n) is 2.36. The molecule has 1 heterocycles. The number of esters is 1. The zero-order valence-electron chi connectivity index (χ0n) is 11.9. The van der Waals surface area contributed by atoms with E-state index in [1.807, 2.05) is 0 Å². The lowest BCUT2D eigenvalue weighted by Crippen LogP contribution is -2.14. The summed E-state index contributed by atoms with van der Waals surface area (Å²) in [6.07, 6.45) is 2.12. The average Bonchev–Trinajstić information content (AvgIpc) is 2.94. The van der Waals surface area contributed by atoms with E-state index in [4.69, 9.17) is 15.2 Å². The Labute approximate surface area is 119 Å². The van der Waals surface area contributed by atoms with Crippen LogP contribution in [-0.4, -0.2) is 32.3 Å². The summed E-state index contributed by atoms with van der Waals surface area (Å²) in [6, 6.07) is 5.27. The van der Waals surface area contributed by atoms with Crippen molar-refractivity contribution in [2.24, 2.45) is 5.92 Å². The Balaban J connectivity index is 1.99. The first-order valence-electron chi connectivity index (χ1n) is 7.09. The Morgan fingerprint density at radius 1 is 1.55 bits per heavy atom. The van der Waals surface area contributed by atoms with Crippen LogP contribution in [0.25, 0.3) is 0 Å². The number of para-hydroxylation sites is 1. The van der Waals surface area contributed by atoms with Crippen LogP contribution in [0.2, 0.25) is 0 Å². The molecule has 1 fully saturated rings. The minimum absolute atomic E-state index is 0.341. The van der Waals surface area contributed by atoms with Crippen molar-refractivity contribution in [3.63, 3.8) is 0 Å². The third kappa shape index (κ3) is 3.63. The SMILES string of the molecule is CCOC(=O)c1cccc(N)c1NCCC1CCOC1. The first kappa shape index (κ1) is 14.7. The zero-order chi connectivity index (χ0) is 14.4. The molecule has 3 N–H and O–H groups in total. The normalized spacial score (nSPS) is 17.9. The molecule has 1 aliphatic rings. The Morgan fingerprint density at radius 3 is 3.10 bits per heavy atom. The summed E-state index contributed by atoms with van der Waals surface area (Å²) in [7, 11) is 0. The summed E-state index contributed by atoms with van der Waals surface area (Å²) < 4.78 is 10.4. The van der Waals surface area contributed by atoms with E-state index in [1.165, 1.54) is 0 Å². The standard InChI is InChI=1S/C15H22N2O3/c1-2-20-15(18)12-4-3-5-13(16)14(12)17-8-6-11-7-9-19-10-11/h3-5,11,17H,2,6-10,16H2,1H3. The van der Waals surface area contributed by atoms with Crippen LogP contribution < -0.4 is 11.1 Å². The number of carbonyl (C=O) groups excluding carboxylic acids is 1. The molecule has 1 aromatic carbocycles. The summed E-state index contributed by atoms with van der Waals surface area (Å²) in [5.41, 5.74) is 7.69. The molecule has 0 radical (unpaired) electrons. The molecule has 0 saturated carbocycles. The van der Waals surface area contributed by atoms with E-state index in [-0.39, 0.29) is 5.97 Å². The third-order valence-electron chi connectivity index (χ3n) is 3.47. The Bertz CT molecular complexity index is 456. The number of anilines is 2. The molecule has 110 valence electrons. The van der Waals surface area contributed by atoms with Crippen LogP contribution in [0.4, 0.5) is 11.4 Å². The highest BCUT2D eigenvalue weighted by Gasteiger charge is 2.17. The van der Waals surface area contributed by atoms with Crippen molar-refractivity contribution >= 4 is 17.3 Å². The monoisotopic (exact) mass is 278 g/mol. The van der Waals surface area contributed by atoms with Crippen LogP contribution in [0, 0.1) is 5.92 Å². The lowest BCUT2D eigenvalue weighted by atomic mass is 10.0. The number of hydrogen-bond acceptors (Lipinski definition) is 5. The van der Waals surface area contributed by atoms with E-state index in [0.29, 0.717) is 29.5 Å². The number of ether oxygens (including phenoxy) is 2. The topological polar surface area (TPSA) is 73.6 Å². The Kier molecular flexibility index (Phi) is 5.24. The van der Waals surface area contributed by atoms with Gasteiger partial charge in [-0.05, 0) is 37.8 Å². The molecule has 1 atom stereocenters. The van der Waals surface area contributed by atoms with Crippen molar-refractivity contribution in [2.45, 2.75) is 19.8 Å². The maximum absolute atomic E-state index is 11.9. The van der Waals surface area contributed by atoms with Crippen LogP contribution in [-0.2, 0) is 9.47 Å². The highest BCUT2D eigenvalue weighted by molar-refractivity contribution is 5.98. The predicted octanol–water partition coefficient (Wildman–Crippen LogP) is 2.28. The summed E-state index contributed by atoms with van der Waals surface area (Å²) in [6.45, 7) is 4.60. The van der Waals surface area contributed by atoms with Crippen molar-refractivity contribution in [3.8, 4) is 0 Å². The predicted molar refractivity (Wildman–Crippen MR) is 78.8 cm³/mol. The van der Waals surface area contributed by atoms with Gasteiger partial charge in [0.15, 0.2) is 0 Å². The van der Waals surface area contributed by atoms with E-state index < -0.39 is 0 Å². The minimum atomic E-state index is -0.341. The average molecular weight is 278 g/mol. The second-order valence-corrected chi connectivity index (χ2v) is 4.94. The third-order valence-corrected chi connectivity index (χ3v) is 3.47. The number of nitrogens with one attached hydrogen (secondary N) is 1. The summed E-state index contributed by atoms with van der Waals surface area (Å²) in [4.78, 5) is 11.9. The molecule has 0 bridgehead atoms. The highest BCUT2D eigenvalue weighted by atomic mass is 16.5. The van der Waals surface area contributed by atoms with Crippen molar-refractivity contribution in [1.82, 2.24) is 0 Å². The number of hydrogen-bond donors (Lipinski definition) is 2. The second-order valence-electron chi connectivity index (χ2n) is 4.94. The molecule has 1 aliphatic heterocycles. The molecule has 0 aliphatic carbocycles. The van der Waals surface area contributed by atoms with Gasteiger partial charge < -0.3 is 20.5 Å². The molecule has 2 rings (SSSR count). The first-order valence-corrected chi connectivity index (χ1v) is 7.09. The lowest BCUT2D eigenvalue weighted by Gasteiger charge is -2.15. The smallest absolute Gasteiger partial charge is 0.340 e. The molecule has 1 saturated heterocycles. The molecular formula is C15H22N2O3. The molecule has 0 aromatic heterocycles. The Morgan fingerprint density at radius 2 is 2.40 bits per heavy atom. The van der Waals surface area contributed by atoms with Gasteiger partial charge in [-0.3, -0.25) is 0 Å². The number of nitrogen functional groups attached to an aromatic ring is 1. The number of rotatable bonds is 6. The minimum Gasteiger partial charge on any atom is -0.462 e. The van der Waals surface area contributed by atoms with Gasteiger partial charge in [0.05, 0.1) is 23.5 Å². The zero-order valence-corrected chi connectivity index (χ0v) is 11.9. The molecule has 0 amide bonds. The molecular weight excluding hydrogens is 256 g/mol. The van der Waals surface area contributed by atoms with Crippen LogP contribution in [0.3, 0.4) is 0 Å². The van der Waals surface area contributed by atoms with E-state index in [0.717, 1.165) is 32.6 Å². The second kappa shape index (κ2) is 7.14. The Hall–Kier alpha value is -1.75. The fraction of sp³-hybridized carbons (Fsp3) is 0.533. The van der Waals surface area contributed by atoms with Gasteiger partial charge in [0.2, 0.25) is 0 Å². The maximum Gasteiger partial charge on any atom is 0.340 e. The van der Waals surface area contributed by atoms with Crippen LogP contribution in [0.5, 0.6) is 0 Å². The van der Waals surface area contributed by atoms with E-state index in [1.54, 1.807) is 25.1 Å². The number of nitrogens with two attached hydrogens (primary N) is 1. The van der Waals surface area contributed by atoms with Gasteiger partial charge in [-0.25, -0.2) is 4.79 Å².